The number of anilines is 1. The van der Waals surface area contributed by atoms with Gasteiger partial charge in [0.1, 0.15) is 29.0 Å². The van der Waals surface area contributed by atoms with E-state index in [1.807, 2.05) is 30.9 Å². The molecule has 0 aliphatic rings. The number of ether oxygens (including phenoxy) is 1. The summed E-state index contributed by atoms with van der Waals surface area (Å²) in [4.78, 5) is 17.2. The van der Waals surface area contributed by atoms with E-state index in [9.17, 15) is 13.2 Å². The Hall–Kier alpha value is -3.60. The quantitative estimate of drug-likeness (QED) is 0.278. The predicted octanol–water partition coefficient (Wildman–Crippen LogP) is 6.25. The molecule has 188 valence electrons. The Morgan fingerprint density at radius 3 is 2.39 bits per heavy atom. The van der Waals surface area contributed by atoms with Crippen LogP contribution in [0.2, 0.25) is 0 Å². The van der Waals surface area contributed by atoms with Gasteiger partial charge in [-0.2, -0.15) is 4.98 Å². The molecule has 0 spiro atoms. The van der Waals surface area contributed by atoms with Gasteiger partial charge < -0.3 is 15.0 Å². The third-order valence-electron chi connectivity index (χ3n) is 5.39. The summed E-state index contributed by atoms with van der Waals surface area (Å²) in [5.41, 5.74) is 7.58. The topological polar surface area (TPSA) is 91.7 Å². The minimum atomic E-state index is -2.78. The van der Waals surface area contributed by atoms with Gasteiger partial charge in [-0.1, -0.05) is 0 Å². The van der Waals surface area contributed by atoms with Gasteiger partial charge in [0.05, 0.1) is 11.3 Å². The smallest absolute Gasteiger partial charge is 0.280 e. The first-order valence-electron chi connectivity index (χ1n) is 11.1. The third kappa shape index (κ3) is 5.46. The summed E-state index contributed by atoms with van der Waals surface area (Å²) in [6.45, 7) is 5.73. The Kier molecular flexibility index (Phi) is 7.48. The summed E-state index contributed by atoms with van der Waals surface area (Å²) >= 11 is 1.51. The number of alkyl halides is 2. The molecule has 0 saturated heterocycles. The van der Waals surface area contributed by atoms with Gasteiger partial charge in [0.25, 0.3) is 6.43 Å². The Morgan fingerprint density at radius 1 is 1.03 bits per heavy atom. The normalized spacial score (nSPS) is 11.5. The number of pyridine rings is 1. The molecule has 0 amide bonds. The predicted molar refractivity (Wildman–Crippen MR) is 133 cm³/mol. The fourth-order valence-corrected chi connectivity index (χ4v) is 4.20. The van der Waals surface area contributed by atoms with Crippen LogP contribution in [0.5, 0.6) is 5.88 Å². The van der Waals surface area contributed by atoms with Gasteiger partial charge in [-0.3, -0.25) is 4.98 Å². The average Bonchev–Trinajstić information content (AvgIpc) is 3.26. The fraction of sp³-hybridized carbons (Fsp3) is 0.280. The van der Waals surface area contributed by atoms with Gasteiger partial charge in [0.2, 0.25) is 11.8 Å². The molecule has 3 heterocycles. The molecule has 0 aliphatic carbocycles. The van der Waals surface area contributed by atoms with E-state index in [2.05, 4.69) is 19.9 Å². The second kappa shape index (κ2) is 10.6. The van der Waals surface area contributed by atoms with Crippen LogP contribution in [-0.2, 0) is 6.61 Å². The first-order valence-corrected chi connectivity index (χ1v) is 12.3. The van der Waals surface area contributed by atoms with Crippen molar-refractivity contribution >= 4 is 17.7 Å². The maximum Gasteiger partial charge on any atom is 0.280 e. The number of nitrogens with zero attached hydrogens (tertiary/aromatic N) is 5. The third-order valence-corrected chi connectivity index (χ3v) is 6.00. The lowest BCUT2D eigenvalue weighted by Gasteiger charge is -2.17. The molecule has 3 aromatic heterocycles. The van der Waals surface area contributed by atoms with Crippen molar-refractivity contribution in [3.8, 4) is 28.3 Å². The van der Waals surface area contributed by atoms with E-state index < -0.39 is 17.9 Å². The van der Waals surface area contributed by atoms with Gasteiger partial charge in [-0.15, -0.1) is 11.8 Å². The zero-order chi connectivity index (χ0) is 26.0. The van der Waals surface area contributed by atoms with Crippen molar-refractivity contribution in [2.45, 2.75) is 44.9 Å². The minimum absolute atomic E-state index is 0.0524. The molecule has 0 bridgehead atoms. The van der Waals surface area contributed by atoms with E-state index >= 15 is 0 Å². The number of imidazole rings is 1. The monoisotopic (exact) mass is 514 g/mol. The van der Waals surface area contributed by atoms with Crippen LogP contribution in [0.25, 0.3) is 22.4 Å². The fourth-order valence-electron chi connectivity index (χ4n) is 3.78. The molecular weight excluding hydrogens is 489 g/mol. The lowest BCUT2D eigenvalue weighted by molar-refractivity contribution is 0.146. The summed E-state index contributed by atoms with van der Waals surface area (Å²) in [6.07, 6.45) is 1.09. The Morgan fingerprint density at radius 2 is 1.75 bits per heavy atom. The molecular formula is C25H25F3N6OS. The Balaban J connectivity index is 1.88. The second-order valence-electron chi connectivity index (χ2n) is 8.33. The molecule has 4 aromatic rings. The molecule has 36 heavy (non-hydrogen) atoms. The highest BCUT2D eigenvalue weighted by Crippen LogP contribution is 2.39. The molecule has 11 heteroatoms. The molecule has 0 saturated carbocycles. The van der Waals surface area contributed by atoms with Crippen LogP contribution in [-0.4, -0.2) is 30.8 Å². The first-order chi connectivity index (χ1) is 17.2. The second-order valence-corrected chi connectivity index (χ2v) is 9.16. The summed E-state index contributed by atoms with van der Waals surface area (Å²) in [6, 6.07) is 8.67. The molecule has 0 atom stereocenters. The van der Waals surface area contributed by atoms with Crippen molar-refractivity contribution in [3.63, 3.8) is 0 Å². The summed E-state index contributed by atoms with van der Waals surface area (Å²) in [7, 11) is 0. The molecule has 7 nitrogen and oxygen atoms in total. The van der Waals surface area contributed by atoms with Crippen molar-refractivity contribution in [3.05, 3.63) is 65.6 Å². The van der Waals surface area contributed by atoms with Crippen LogP contribution in [0.3, 0.4) is 0 Å². The molecule has 2 N–H and O–H groups in total. The zero-order valence-electron chi connectivity index (χ0n) is 20.2. The van der Waals surface area contributed by atoms with Crippen molar-refractivity contribution in [2.75, 3.05) is 12.0 Å². The van der Waals surface area contributed by atoms with Crippen molar-refractivity contribution in [2.24, 2.45) is 0 Å². The van der Waals surface area contributed by atoms with Crippen molar-refractivity contribution < 1.29 is 17.9 Å². The standard InChI is InChI=1S/C25H25F3N6OS/c1-13(2)34-11-20(36-4)31-19(34)12-35-24-21(16-9-14(3)30-18(10-16)23(27)28)22(32-25(29)33-24)15-5-7-17(26)8-6-15/h5-11,13,23H,12H2,1-4H3,(H2,29,32,33). The van der Waals surface area contributed by atoms with E-state index in [0.717, 1.165) is 5.03 Å². The summed E-state index contributed by atoms with van der Waals surface area (Å²) in [5.74, 6) is 0.255. The highest BCUT2D eigenvalue weighted by molar-refractivity contribution is 7.98. The van der Waals surface area contributed by atoms with Gasteiger partial charge in [0, 0.05) is 23.5 Å². The maximum absolute atomic E-state index is 13.6. The average molecular weight is 515 g/mol. The lowest BCUT2D eigenvalue weighted by atomic mass is 9.99. The van der Waals surface area contributed by atoms with E-state index in [4.69, 9.17) is 10.5 Å². The van der Waals surface area contributed by atoms with E-state index in [1.54, 1.807) is 13.0 Å². The SMILES string of the molecule is CSc1cn(C(C)C)c(COc2nc(N)nc(-c3ccc(F)cc3)c2-c2cc(C)nc(C(F)F)c2)n1. The van der Waals surface area contributed by atoms with Gasteiger partial charge in [0.15, 0.2) is 0 Å². The number of aromatic nitrogens is 5. The van der Waals surface area contributed by atoms with Gasteiger partial charge in [-0.05, 0) is 69.0 Å². The number of thioether (sulfide) groups is 1. The molecule has 4 rings (SSSR count). The van der Waals surface area contributed by atoms with Crippen molar-refractivity contribution in [1.29, 1.82) is 0 Å². The van der Waals surface area contributed by atoms with Gasteiger partial charge >= 0.3 is 0 Å². The van der Waals surface area contributed by atoms with E-state index in [1.165, 1.54) is 42.1 Å². The zero-order valence-corrected chi connectivity index (χ0v) is 21.0. The number of rotatable bonds is 8. The van der Waals surface area contributed by atoms with Gasteiger partial charge in [-0.25, -0.2) is 23.1 Å². The van der Waals surface area contributed by atoms with Crippen LogP contribution in [0, 0.1) is 12.7 Å². The van der Waals surface area contributed by atoms with Crippen LogP contribution < -0.4 is 10.5 Å². The lowest BCUT2D eigenvalue weighted by Crippen LogP contribution is -2.11. The van der Waals surface area contributed by atoms with Crippen LogP contribution >= 0.6 is 11.8 Å². The Bertz CT molecular complexity index is 1380. The summed E-state index contributed by atoms with van der Waals surface area (Å²) < 4.78 is 49.0. The van der Waals surface area contributed by atoms with Crippen LogP contribution in [0.1, 0.15) is 43.5 Å². The molecule has 0 unspecified atom stereocenters. The molecule has 1 aromatic carbocycles. The van der Waals surface area contributed by atoms with E-state index in [0.29, 0.717) is 33.9 Å². The number of hydrogen-bond donors (Lipinski definition) is 1. The maximum atomic E-state index is 13.6. The van der Waals surface area contributed by atoms with Crippen LogP contribution in [0.4, 0.5) is 19.1 Å². The number of halogens is 3. The number of nitrogen functional groups attached to an aromatic ring is 1. The highest BCUT2D eigenvalue weighted by atomic mass is 32.2. The minimum Gasteiger partial charge on any atom is -0.469 e. The molecule has 0 fully saturated rings. The number of aryl methyl sites for hydroxylation is 1. The molecule has 0 radical (unpaired) electrons. The first kappa shape index (κ1) is 25.5. The Labute approximate surface area is 211 Å². The van der Waals surface area contributed by atoms with Crippen LogP contribution in [0.15, 0.2) is 47.6 Å². The molecule has 0 aliphatic heterocycles. The highest BCUT2D eigenvalue weighted by Gasteiger charge is 2.22. The number of hydrogen-bond acceptors (Lipinski definition) is 7. The number of benzene rings is 1. The number of nitrogens with two attached hydrogens (primary N) is 1. The summed E-state index contributed by atoms with van der Waals surface area (Å²) in [5, 5.41) is 0.836. The largest absolute Gasteiger partial charge is 0.469 e. The van der Waals surface area contributed by atoms with E-state index in [-0.39, 0.29) is 24.5 Å². The van der Waals surface area contributed by atoms with Crippen molar-refractivity contribution in [1.82, 2.24) is 24.5 Å².